The molecule has 1 amide bonds. The lowest BCUT2D eigenvalue weighted by molar-refractivity contribution is -0.384. The Morgan fingerprint density at radius 2 is 1.93 bits per heavy atom. The molecular weight excluding hydrogens is 408 g/mol. The lowest BCUT2D eigenvalue weighted by Crippen LogP contribution is -2.09. The number of aromatic nitrogens is 2. The third-order valence-electron chi connectivity index (χ3n) is 3.94. The van der Waals surface area contributed by atoms with Gasteiger partial charge in [0.1, 0.15) is 5.82 Å². The maximum atomic E-state index is 13.7. The third kappa shape index (κ3) is 4.69. The first kappa shape index (κ1) is 20.7. The molecule has 3 rings (SSSR count). The van der Waals surface area contributed by atoms with E-state index in [9.17, 15) is 32.5 Å². The number of carbonyl (C=O) groups is 1. The Balaban J connectivity index is 1.67. The number of nitro benzene ring substituents is 1. The topological polar surface area (TPSA) is 90.1 Å². The zero-order valence-corrected chi connectivity index (χ0v) is 15.0. The largest absolute Gasteiger partial charge is 0.320 e. The van der Waals surface area contributed by atoms with Crippen LogP contribution in [0.25, 0.3) is 6.08 Å². The highest BCUT2D eigenvalue weighted by Gasteiger charge is 2.19. The molecule has 1 aromatic heterocycles. The number of hydrogen-bond acceptors (Lipinski definition) is 4. The van der Waals surface area contributed by atoms with E-state index >= 15 is 0 Å². The fraction of sp³-hybridized carbons (Fsp3) is 0.0526. The zero-order valence-electron chi connectivity index (χ0n) is 15.0. The highest BCUT2D eigenvalue weighted by Crippen LogP contribution is 2.20. The van der Waals surface area contributed by atoms with Gasteiger partial charge in [-0.15, -0.1) is 0 Å². The molecule has 3 aromatic rings. The summed E-state index contributed by atoms with van der Waals surface area (Å²) in [5.41, 5.74) is -0.248. The number of halogens is 4. The van der Waals surface area contributed by atoms with Crippen LogP contribution in [0.3, 0.4) is 0 Å². The molecule has 0 saturated carbocycles. The van der Waals surface area contributed by atoms with Crippen LogP contribution in [0.5, 0.6) is 0 Å². The van der Waals surface area contributed by atoms with Crippen molar-refractivity contribution >= 4 is 23.4 Å². The molecule has 7 nitrogen and oxygen atoms in total. The Morgan fingerprint density at radius 3 is 2.67 bits per heavy atom. The van der Waals surface area contributed by atoms with Crippen molar-refractivity contribution in [3.05, 3.63) is 93.3 Å². The van der Waals surface area contributed by atoms with E-state index in [0.717, 1.165) is 10.8 Å². The van der Waals surface area contributed by atoms with Gasteiger partial charge in [0.2, 0.25) is 5.91 Å². The van der Waals surface area contributed by atoms with Crippen LogP contribution in [0, 0.1) is 33.4 Å². The Morgan fingerprint density at radius 1 is 1.17 bits per heavy atom. The number of nitro groups is 1. The van der Waals surface area contributed by atoms with Gasteiger partial charge < -0.3 is 5.32 Å². The Hall–Kier alpha value is -4.02. The number of rotatable bonds is 6. The van der Waals surface area contributed by atoms with E-state index in [1.54, 1.807) is 6.07 Å². The highest BCUT2D eigenvalue weighted by atomic mass is 19.2. The van der Waals surface area contributed by atoms with Gasteiger partial charge in [-0.1, -0.05) is 12.1 Å². The second kappa shape index (κ2) is 8.55. The average Bonchev–Trinajstić information content (AvgIpc) is 3.15. The van der Waals surface area contributed by atoms with Gasteiger partial charge in [0.05, 0.1) is 23.4 Å². The van der Waals surface area contributed by atoms with Crippen molar-refractivity contribution in [1.29, 1.82) is 0 Å². The number of anilines is 1. The van der Waals surface area contributed by atoms with Crippen LogP contribution in [-0.2, 0) is 11.3 Å². The summed E-state index contributed by atoms with van der Waals surface area (Å²) in [6, 6.07) is 5.87. The lowest BCUT2D eigenvalue weighted by atomic mass is 10.2. The quantitative estimate of drug-likeness (QED) is 0.163. The van der Waals surface area contributed by atoms with Gasteiger partial charge in [-0.3, -0.25) is 19.6 Å². The molecule has 0 aliphatic heterocycles. The van der Waals surface area contributed by atoms with Gasteiger partial charge in [0.15, 0.2) is 17.5 Å². The summed E-state index contributed by atoms with van der Waals surface area (Å²) in [6.45, 7) is -0.533. The molecule has 0 spiro atoms. The Bertz CT molecular complexity index is 1160. The number of carbonyl (C=O) groups excluding carboxylic acids is 1. The third-order valence-corrected chi connectivity index (χ3v) is 3.94. The molecule has 0 unspecified atom stereocenters. The standard InChI is InChI=1S/C19H12F4N4O3/c20-15-7-16(21)19(23)18(22)14(15)10-26-9-12(8-24-26)25-17(28)5-4-11-2-1-3-13(6-11)27(29)30/h1-9H,10H2,(H,25,28)/b5-4+. The van der Waals surface area contributed by atoms with Gasteiger partial charge in [-0.2, -0.15) is 5.10 Å². The van der Waals surface area contributed by atoms with Crippen molar-refractivity contribution in [2.24, 2.45) is 0 Å². The number of nitrogens with one attached hydrogen (secondary N) is 1. The number of hydrogen-bond donors (Lipinski definition) is 1. The number of non-ortho nitro benzene ring substituents is 1. The molecule has 0 aliphatic carbocycles. The monoisotopic (exact) mass is 420 g/mol. The molecule has 1 heterocycles. The minimum absolute atomic E-state index is 0.129. The predicted octanol–water partition coefficient (Wildman–Crippen LogP) is 4.05. The maximum absolute atomic E-state index is 13.7. The van der Waals surface area contributed by atoms with E-state index in [2.05, 4.69) is 10.4 Å². The fourth-order valence-electron chi connectivity index (χ4n) is 2.52. The van der Waals surface area contributed by atoms with Crippen LogP contribution in [0.15, 0.2) is 48.8 Å². The maximum Gasteiger partial charge on any atom is 0.270 e. The summed E-state index contributed by atoms with van der Waals surface area (Å²) in [7, 11) is 0. The van der Waals surface area contributed by atoms with E-state index in [-0.39, 0.29) is 17.4 Å². The normalized spacial score (nSPS) is 11.1. The van der Waals surface area contributed by atoms with Gasteiger partial charge in [-0.25, -0.2) is 17.6 Å². The van der Waals surface area contributed by atoms with Gasteiger partial charge in [0.25, 0.3) is 5.69 Å². The van der Waals surface area contributed by atoms with Crippen LogP contribution in [0.4, 0.5) is 28.9 Å². The van der Waals surface area contributed by atoms with E-state index in [1.807, 2.05) is 0 Å². The lowest BCUT2D eigenvalue weighted by Gasteiger charge is -2.06. The summed E-state index contributed by atoms with van der Waals surface area (Å²) in [5, 5.41) is 17.0. The molecule has 11 heteroatoms. The summed E-state index contributed by atoms with van der Waals surface area (Å²) in [4.78, 5) is 22.2. The van der Waals surface area contributed by atoms with Crippen molar-refractivity contribution in [3.8, 4) is 0 Å². The van der Waals surface area contributed by atoms with Crippen LogP contribution in [-0.4, -0.2) is 20.6 Å². The van der Waals surface area contributed by atoms with Crippen LogP contribution in [0.1, 0.15) is 11.1 Å². The molecule has 0 radical (unpaired) electrons. The number of benzene rings is 2. The van der Waals surface area contributed by atoms with Crippen molar-refractivity contribution in [1.82, 2.24) is 9.78 Å². The first-order valence-electron chi connectivity index (χ1n) is 8.32. The van der Waals surface area contributed by atoms with Crippen molar-refractivity contribution in [2.75, 3.05) is 5.32 Å². The first-order valence-corrected chi connectivity index (χ1v) is 8.32. The van der Waals surface area contributed by atoms with Crippen LogP contribution < -0.4 is 5.32 Å². The molecule has 0 saturated heterocycles. The van der Waals surface area contributed by atoms with Gasteiger partial charge in [0, 0.05) is 36.0 Å². The zero-order chi connectivity index (χ0) is 21.8. The smallest absolute Gasteiger partial charge is 0.270 e. The molecule has 1 N–H and O–H groups in total. The molecule has 0 bridgehead atoms. The van der Waals surface area contributed by atoms with Crippen molar-refractivity contribution < 1.29 is 27.3 Å². The minimum atomic E-state index is -1.79. The summed E-state index contributed by atoms with van der Waals surface area (Å²) in [6.07, 6.45) is 4.91. The molecule has 154 valence electrons. The molecule has 0 atom stereocenters. The average molecular weight is 420 g/mol. The van der Waals surface area contributed by atoms with Crippen LogP contribution in [0.2, 0.25) is 0 Å². The van der Waals surface area contributed by atoms with Crippen LogP contribution >= 0.6 is 0 Å². The molecule has 0 fully saturated rings. The van der Waals surface area contributed by atoms with Crippen molar-refractivity contribution in [3.63, 3.8) is 0 Å². The van der Waals surface area contributed by atoms with E-state index < -0.39 is 46.2 Å². The predicted molar refractivity (Wildman–Crippen MR) is 98.4 cm³/mol. The second-order valence-electron chi connectivity index (χ2n) is 6.05. The van der Waals surface area contributed by atoms with Gasteiger partial charge >= 0.3 is 0 Å². The number of nitrogens with zero attached hydrogens (tertiary/aromatic N) is 3. The van der Waals surface area contributed by atoms with E-state index in [4.69, 9.17) is 0 Å². The molecule has 2 aromatic carbocycles. The Kier molecular flexibility index (Phi) is 5.90. The fourth-order valence-corrected chi connectivity index (χ4v) is 2.52. The molecule has 30 heavy (non-hydrogen) atoms. The Labute approximate surface area is 166 Å². The van der Waals surface area contributed by atoms with E-state index in [0.29, 0.717) is 5.56 Å². The van der Waals surface area contributed by atoms with Crippen molar-refractivity contribution in [2.45, 2.75) is 6.54 Å². The summed E-state index contributed by atoms with van der Waals surface area (Å²) in [5.74, 6) is -6.96. The van der Waals surface area contributed by atoms with Gasteiger partial charge in [-0.05, 0) is 11.6 Å². The second-order valence-corrected chi connectivity index (χ2v) is 6.05. The summed E-state index contributed by atoms with van der Waals surface area (Å²) >= 11 is 0. The SMILES string of the molecule is O=C(/C=C/c1cccc([N+](=O)[O-])c1)Nc1cnn(Cc2c(F)cc(F)c(F)c2F)c1. The minimum Gasteiger partial charge on any atom is -0.320 e. The first-order chi connectivity index (χ1) is 14.2. The summed E-state index contributed by atoms with van der Waals surface area (Å²) < 4.78 is 54.8. The molecular formula is C19H12F4N4O3. The highest BCUT2D eigenvalue weighted by molar-refractivity contribution is 6.01. The van der Waals surface area contributed by atoms with E-state index in [1.165, 1.54) is 36.7 Å². The number of amides is 1. The molecule has 0 aliphatic rings.